The van der Waals surface area contributed by atoms with Gasteiger partial charge < -0.3 is 19.1 Å². The second kappa shape index (κ2) is 7.21. The Kier molecular flexibility index (Phi) is 5.04. The quantitative estimate of drug-likeness (QED) is 0.775. The van der Waals surface area contributed by atoms with Gasteiger partial charge in [-0.1, -0.05) is 6.07 Å². The maximum absolute atomic E-state index is 12.9. The largest absolute Gasteiger partial charge is 0.491 e. The summed E-state index contributed by atoms with van der Waals surface area (Å²) >= 11 is 0. The normalized spacial score (nSPS) is 23.7. The van der Waals surface area contributed by atoms with Crippen molar-refractivity contribution >= 4 is 11.9 Å². The van der Waals surface area contributed by atoms with Crippen LogP contribution in [-0.4, -0.2) is 49.7 Å². The van der Waals surface area contributed by atoms with Crippen LogP contribution in [0.25, 0.3) is 0 Å². The molecular formula is C18H23NO5. The maximum Gasteiger partial charge on any atom is 0.337 e. The van der Waals surface area contributed by atoms with Gasteiger partial charge in [0.25, 0.3) is 0 Å². The Balaban J connectivity index is 1.81. The van der Waals surface area contributed by atoms with Crippen molar-refractivity contribution in [1.82, 2.24) is 4.90 Å². The summed E-state index contributed by atoms with van der Waals surface area (Å²) in [6.45, 7) is 4.09. The zero-order valence-corrected chi connectivity index (χ0v) is 14.1. The van der Waals surface area contributed by atoms with Gasteiger partial charge in [-0.15, -0.1) is 0 Å². The van der Waals surface area contributed by atoms with Crippen LogP contribution in [0.1, 0.15) is 35.7 Å². The van der Waals surface area contributed by atoms with E-state index in [0.29, 0.717) is 31.1 Å². The number of ether oxygens (including phenoxy) is 3. The molecule has 0 radical (unpaired) electrons. The first kappa shape index (κ1) is 16.8. The monoisotopic (exact) mass is 333 g/mol. The van der Waals surface area contributed by atoms with Gasteiger partial charge in [0.05, 0.1) is 31.2 Å². The zero-order chi connectivity index (χ0) is 17.1. The van der Waals surface area contributed by atoms with E-state index < -0.39 is 5.97 Å². The van der Waals surface area contributed by atoms with Crippen molar-refractivity contribution in [3.05, 3.63) is 29.3 Å². The topological polar surface area (TPSA) is 65.1 Å². The number of benzene rings is 1. The van der Waals surface area contributed by atoms with Crippen molar-refractivity contribution in [2.75, 3.05) is 26.9 Å². The number of nitrogens with zero attached hydrogens (tertiary/aromatic N) is 1. The van der Waals surface area contributed by atoms with Crippen molar-refractivity contribution in [2.24, 2.45) is 5.92 Å². The van der Waals surface area contributed by atoms with Gasteiger partial charge >= 0.3 is 5.97 Å². The predicted octanol–water partition coefficient (Wildman–Crippen LogP) is 2.01. The molecule has 0 spiro atoms. The Morgan fingerprint density at radius 3 is 2.83 bits per heavy atom. The smallest absolute Gasteiger partial charge is 0.337 e. The summed E-state index contributed by atoms with van der Waals surface area (Å²) in [5, 5.41) is 0. The van der Waals surface area contributed by atoms with Gasteiger partial charge in [-0.05, 0) is 31.9 Å². The van der Waals surface area contributed by atoms with Gasteiger partial charge in [0.1, 0.15) is 12.4 Å². The molecule has 0 aliphatic carbocycles. The van der Waals surface area contributed by atoms with Crippen LogP contribution in [-0.2, 0) is 20.8 Å². The Bertz CT molecular complexity index is 624. The fourth-order valence-electron chi connectivity index (χ4n) is 3.17. The molecule has 0 aromatic heterocycles. The number of hydrogen-bond acceptors (Lipinski definition) is 5. The molecular weight excluding hydrogens is 310 g/mol. The van der Waals surface area contributed by atoms with Crippen LogP contribution in [0.5, 0.6) is 5.75 Å². The summed E-state index contributed by atoms with van der Waals surface area (Å²) in [5.74, 6) is 0.290. The molecule has 6 nitrogen and oxygen atoms in total. The first-order valence-electron chi connectivity index (χ1n) is 8.32. The van der Waals surface area contributed by atoms with Crippen molar-refractivity contribution in [2.45, 2.75) is 32.4 Å². The molecule has 2 heterocycles. The Labute approximate surface area is 141 Å². The number of methoxy groups -OCH3 is 1. The summed E-state index contributed by atoms with van der Waals surface area (Å²) in [6.07, 6.45) is 1.80. The molecule has 1 saturated heterocycles. The van der Waals surface area contributed by atoms with Gasteiger partial charge in [-0.3, -0.25) is 4.79 Å². The van der Waals surface area contributed by atoms with Gasteiger partial charge in [0, 0.05) is 18.7 Å². The fraction of sp³-hybridized carbons (Fsp3) is 0.556. The SMILES string of the molecule is COC(=O)c1ccc2c(c1)OC[C@H](C)N(C(=O)[C@H]1CCCOC1)C2. The molecule has 0 bridgehead atoms. The minimum Gasteiger partial charge on any atom is -0.491 e. The molecule has 1 fully saturated rings. The third-order valence-electron chi connectivity index (χ3n) is 4.63. The van der Waals surface area contributed by atoms with Gasteiger partial charge in [-0.25, -0.2) is 4.79 Å². The van der Waals surface area contributed by atoms with E-state index in [9.17, 15) is 9.59 Å². The van der Waals surface area contributed by atoms with Crippen molar-refractivity contribution in [1.29, 1.82) is 0 Å². The first-order valence-corrected chi connectivity index (χ1v) is 8.32. The highest BCUT2D eigenvalue weighted by Crippen LogP contribution is 2.28. The minimum atomic E-state index is -0.397. The van der Waals surface area contributed by atoms with Gasteiger partial charge in [0.15, 0.2) is 0 Å². The van der Waals surface area contributed by atoms with Crippen molar-refractivity contribution in [3.63, 3.8) is 0 Å². The second-order valence-corrected chi connectivity index (χ2v) is 6.35. The lowest BCUT2D eigenvalue weighted by Gasteiger charge is -2.31. The van der Waals surface area contributed by atoms with Gasteiger partial charge in [0.2, 0.25) is 5.91 Å². The first-order chi connectivity index (χ1) is 11.6. The number of hydrogen-bond donors (Lipinski definition) is 0. The van der Waals surface area contributed by atoms with Crippen LogP contribution < -0.4 is 4.74 Å². The maximum atomic E-state index is 12.9. The highest BCUT2D eigenvalue weighted by molar-refractivity contribution is 5.90. The molecule has 6 heteroatoms. The summed E-state index contributed by atoms with van der Waals surface area (Å²) < 4.78 is 16.0. The molecule has 0 saturated carbocycles. The average molecular weight is 333 g/mol. The third-order valence-corrected chi connectivity index (χ3v) is 4.63. The Morgan fingerprint density at radius 1 is 1.29 bits per heavy atom. The van der Waals surface area contributed by atoms with E-state index in [4.69, 9.17) is 14.2 Å². The lowest BCUT2D eigenvalue weighted by molar-refractivity contribution is -0.142. The molecule has 2 atom stereocenters. The molecule has 3 rings (SSSR count). The van der Waals surface area contributed by atoms with Crippen LogP contribution in [0.15, 0.2) is 18.2 Å². The van der Waals surface area contributed by atoms with E-state index >= 15 is 0 Å². The molecule has 0 unspecified atom stereocenters. The standard InChI is InChI=1S/C18H23NO5/c1-12-10-24-16-8-13(18(21)22-2)5-6-14(16)9-19(12)17(20)15-4-3-7-23-11-15/h5-6,8,12,15H,3-4,7,9-11H2,1-2H3/t12-,15-/m0/s1. The van der Waals surface area contributed by atoms with Crippen LogP contribution in [0.2, 0.25) is 0 Å². The van der Waals surface area contributed by atoms with Crippen molar-refractivity contribution in [3.8, 4) is 5.75 Å². The van der Waals surface area contributed by atoms with E-state index in [2.05, 4.69) is 0 Å². The number of esters is 1. The number of carbonyl (C=O) groups is 2. The van der Waals surface area contributed by atoms with Crippen LogP contribution >= 0.6 is 0 Å². The van der Waals surface area contributed by atoms with Crippen molar-refractivity contribution < 1.29 is 23.8 Å². The molecule has 0 N–H and O–H groups in total. The fourth-order valence-corrected chi connectivity index (χ4v) is 3.17. The van der Waals surface area contributed by atoms with E-state index in [-0.39, 0.29) is 17.9 Å². The number of carbonyl (C=O) groups excluding carboxylic acids is 2. The molecule has 24 heavy (non-hydrogen) atoms. The van der Waals surface area contributed by atoms with E-state index in [1.165, 1.54) is 7.11 Å². The lowest BCUT2D eigenvalue weighted by Crippen LogP contribution is -2.45. The van der Waals surface area contributed by atoms with E-state index in [1.807, 2.05) is 17.9 Å². The van der Waals surface area contributed by atoms with Crippen LogP contribution in [0.3, 0.4) is 0 Å². The Hall–Kier alpha value is -2.08. The summed E-state index contributed by atoms with van der Waals surface area (Å²) in [7, 11) is 1.35. The molecule has 1 aromatic carbocycles. The number of fused-ring (bicyclic) bond motifs is 1. The molecule has 2 aliphatic rings. The highest BCUT2D eigenvalue weighted by atomic mass is 16.5. The van der Waals surface area contributed by atoms with Crippen LogP contribution in [0, 0.1) is 5.92 Å². The molecule has 1 aromatic rings. The molecule has 130 valence electrons. The molecule has 2 aliphatic heterocycles. The molecule has 1 amide bonds. The van der Waals surface area contributed by atoms with Gasteiger partial charge in [-0.2, -0.15) is 0 Å². The highest BCUT2D eigenvalue weighted by Gasteiger charge is 2.32. The second-order valence-electron chi connectivity index (χ2n) is 6.35. The number of rotatable bonds is 2. The zero-order valence-electron chi connectivity index (χ0n) is 14.1. The number of amides is 1. The summed E-state index contributed by atoms with van der Waals surface area (Å²) in [6, 6.07) is 5.19. The average Bonchev–Trinajstić information content (AvgIpc) is 2.80. The lowest BCUT2D eigenvalue weighted by atomic mass is 9.99. The predicted molar refractivity (Wildman–Crippen MR) is 86.8 cm³/mol. The van der Waals surface area contributed by atoms with E-state index in [0.717, 1.165) is 25.0 Å². The minimum absolute atomic E-state index is 0.0339. The summed E-state index contributed by atoms with van der Waals surface area (Å²) in [4.78, 5) is 26.4. The Morgan fingerprint density at radius 2 is 2.12 bits per heavy atom. The van der Waals surface area contributed by atoms with Crippen LogP contribution in [0.4, 0.5) is 0 Å². The third kappa shape index (κ3) is 3.38. The van der Waals surface area contributed by atoms with E-state index in [1.54, 1.807) is 12.1 Å². The summed E-state index contributed by atoms with van der Waals surface area (Å²) in [5.41, 5.74) is 1.35.